The van der Waals surface area contributed by atoms with Crippen LogP contribution in [0.5, 0.6) is 0 Å². The van der Waals surface area contributed by atoms with Crippen LogP contribution in [0.25, 0.3) is 0 Å². The third kappa shape index (κ3) is 4.98. The number of carbonyl (C=O) groups excluding carboxylic acids is 2. The molecule has 0 saturated carbocycles. The van der Waals surface area contributed by atoms with E-state index in [4.69, 9.17) is 40.9 Å². The summed E-state index contributed by atoms with van der Waals surface area (Å²) in [6.45, 7) is -1.34. The van der Waals surface area contributed by atoms with Gasteiger partial charge in [0, 0.05) is 17.1 Å². The molecule has 0 aromatic rings. The molecule has 0 aliphatic carbocycles. The van der Waals surface area contributed by atoms with E-state index in [2.05, 4.69) is 9.47 Å². The van der Waals surface area contributed by atoms with E-state index in [1.165, 1.54) is 0 Å². The molecular formula is C12H16FeO12. The van der Waals surface area contributed by atoms with Crippen molar-refractivity contribution in [1.29, 1.82) is 0 Å². The maximum atomic E-state index is 10.5. The Bertz CT molecular complexity index is 520. The predicted octanol–water partition coefficient (Wildman–Crippen LogP) is -2.82. The molecule has 0 amide bonds. The molecular weight excluding hydrogens is 392 g/mol. The second-order valence-electron chi connectivity index (χ2n) is 4.62. The summed E-state index contributed by atoms with van der Waals surface area (Å²) in [5.74, 6) is -5.56. The van der Waals surface area contributed by atoms with Crippen molar-refractivity contribution in [2.24, 2.45) is 0 Å². The van der Waals surface area contributed by atoms with Crippen molar-refractivity contribution < 1.29 is 77.0 Å². The van der Waals surface area contributed by atoms with Gasteiger partial charge in [0.15, 0.2) is 23.7 Å². The molecule has 0 unspecified atom stereocenters. The van der Waals surface area contributed by atoms with Crippen LogP contribution in [0, 0.1) is 0 Å². The molecule has 0 aromatic carbocycles. The Kier molecular flexibility index (Phi) is 8.69. The Labute approximate surface area is 150 Å². The molecule has 2 rings (SSSR count). The third-order valence-electron chi connectivity index (χ3n) is 2.95. The fraction of sp³-hybridized carbons (Fsp3) is 0.500. The van der Waals surface area contributed by atoms with Gasteiger partial charge in [0.2, 0.25) is 11.5 Å². The minimum atomic E-state index is -1.42. The zero-order valence-electron chi connectivity index (χ0n) is 12.3. The summed E-state index contributed by atoms with van der Waals surface area (Å²) in [6, 6.07) is 0. The van der Waals surface area contributed by atoms with Crippen LogP contribution in [0.1, 0.15) is 0 Å². The summed E-state index contributed by atoms with van der Waals surface area (Å²) in [4.78, 5) is 21.1. The SMILES string of the molecule is O=C1O[C@H]([C@@H](O)CO)C(O)=C1O.O=C1O[C@H]([C@@H](O)CO)C(O)=C1O.[Fe]. The molecule has 2 aliphatic rings. The fourth-order valence-corrected chi connectivity index (χ4v) is 1.65. The maximum absolute atomic E-state index is 10.5. The van der Waals surface area contributed by atoms with Gasteiger partial charge in [0.05, 0.1) is 13.2 Å². The number of carbonyl (C=O) groups is 2. The van der Waals surface area contributed by atoms with Crippen LogP contribution in [0.2, 0.25) is 0 Å². The van der Waals surface area contributed by atoms with Crippen LogP contribution >= 0.6 is 0 Å². The monoisotopic (exact) mass is 408 g/mol. The van der Waals surface area contributed by atoms with E-state index in [-0.39, 0.29) is 17.1 Å². The average Bonchev–Trinajstić information content (AvgIpc) is 2.98. The van der Waals surface area contributed by atoms with E-state index in [9.17, 15) is 9.59 Å². The molecule has 12 nitrogen and oxygen atoms in total. The zero-order chi connectivity index (χ0) is 18.6. The summed E-state index contributed by atoms with van der Waals surface area (Å²) in [7, 11) is 0. The van der Waals surface area contributed by atoms with Gasteiger partial charge in [-0.25, -0.2) is 9.59 Å². The van der Waals surface area contributed by atoms with Gasteiger partial charge < -0.3 is 50.3 Å². The number of aliphatic hydroxyl groups is 8. The first-order valence-electron chi connectivity index (χ1n) is 6.39. The second-order valence-corrected chi connectivity index (χ2v) is 4.62. The molecule has 0 aromatic heterocycles. The minimum Gasteiger partial charge on any atom is -0.505 e. The van der Waals surface area contributed by atoms with Gasteiger partial charge in [-0.05, 0) is 0 Å². The Balaban J connectivity index is 0.000000443. The van der Waals surface area contributed by atoms with Gasteiger partial charge in [0.1, 0.15) is 12.2 Å². The number of esters is 2. The van der Waals surface area contributed by atoms with Crippen LogP contribution in [0.4, 0.5) is 0 Å². The zero-order valence-corrected chi connectivity index (χ0v) is 13.4. The van der Waals surface area contributed by atoms with Crippen molar-refractivity contribution in [3.63, 3.8) is 0 Å². The van der Waals surface area contributed by atoms with Crippen LogP contribution in [-0.2, 0) is 36.1 Å². The van der Waals surface area contributed by atoms with Gasteiger partial charge in [-0.3, -0.25) is 0 Å². The summed E-state index contributed by atoms with van der Waals surface area (Å²) in [5.41, 5.74) is 0. The molecule has 0 radical (unpaired) electrons. The Hall–Kier alpha value is -2.02. The van der Waals surface area contributed by atoms with Gasteiger partial charge in [-0.15, -0.1) is 0 Å². The summed E-state index contributed by atoms with van der Waals surface area (Å²) < 4.78 is 8.63. The van der Waals surface area contributed by atoms with Gasteiger partial charge in [-0.1, -0.05) is 0 Å². The first kappa shape index (κ1) is 23.0. The van der Waals surface area contributed by atoms with Gasteiger partial charge >= 0.3 is 11.9 Å². The van der Waals surface area contributed by atoms with Crippen LogP contribution in [0.15, 0.2) is 23.0 Å². The van der Waals surface area contributed by atoms with Crippen molar-refractivity contribution in [3.05, 3.63) is 23.0 Å². The summed E-state index contributed by atoms with van der Waals surface area (Å²) >= 11 is 0. The predicted molar refractivity (Wildman–Crippen MR) is 70.5 cm³/mol. The largest absolute Gasteiger partial charge is 0.505 e. The van der Waals surface area contributed by atoms with Crippen molar-refractivity contribution in [2.45, 2.75) is 24.4 Å². The van der Waals surface area contributed by atoms with E-state index in [1.54, 1.807) is 0 Å². The normalized spacial score (nSPS) is 24.8. The standard InChI is InChI=1S/2C6H8O6.Fe/c2*7-1-2(8)5-3(9)4(10)6(11)12-5;/h2*2,5,7-10H,1H2;/t2*2-,5+;/m00./s1. The van der Waals surface area contributed by atoms with E-state index >= 15 is 0 Å². The Morgan fingerprint density at radius 1 is 0.760 bits per heavy atom. The smallest absolute Gasteiger partial charge is 0.377 e. The molecule has 0 spiro atoms. The van der Waals surface area contributed by atoms with E-state index < -0.39 is 72.6 Å². The molecule has 0 bridgehead atoms. The molecule has 0 fully saturated rings. The minimum absolute atomic E-state index is 0. The molecule has 0 saturated heterocycles. The number of ether oxygens (including phenoxy) is 2. The van der Waals surface area contributed by atoms with E-state index in [0.717, 1.165) is 0 Å². The molecule has 2 heterocycles. The van der Waals surface area contributed by atoms with Gasteiger partial charge in [-0.2, -0.15) is 0 Å². The molecule has 144 valence electrons. The topological polar surface area (TPSA) is 214 Å². The molecule has 2 aliphatic heterocycles. The van der Waals surface area contributed by atoms with Crippen LogP contribution in [-0.4, -0.2) is 90.4 Å². The molecule has 25 heavy (non-hydrogen) atoms. The summed E-state index contributed by atoms with van der Waals surface area (Å²) in [6.07, 6.45) is -5.55. The second kappa shape index (κ2) is 9.46. The molecule has 8 N–H and O–H groups in total. The number of hydrogen-bond donors (Lipinski definition) is 8. The van der Waals surface area contributed by atoms with E-state index in [1.807, 2.05) is 0 Å². The van der Waals surface area contributed by atoms with Gasteiger partial charge in [0.25, 0.3) is 0 Å². The van der Waals surface area contributed by atoms with Crippen molar-refractivity contribution in [3.8, 4) is 0 Å². The van der Waals surface area contributed by atoms with Crippen LogP contribution in [0.3, 0.4) is 0 Å². The quantitative estimate of drug-likeness (QED) is 0.175. The Morgan fingerprint density at radius 2 is 1.04 bits per heavy atom. The number of aliphatic hydroxyl groups excluding tert-OH is 8. The number of hydrogen-bond acceptors (Lipinski definition) is 12. The average molecular weight is 408 g/mol. The summed E-state index contributed by atoms with van der Waals surface area (Å²) in [5, 5.41) is 70.1. The van der Waals surface area contributed by atoms with E-state index in [0.29, 0.717) is 0 Å². The number of rotatable bonds is 4. The molecule has 4 atom stereocenters. The van der Waals surface area contributed by atoms with Crippen molar-refractivity contribution in [2.75, 3.05) is 13.2 Å². The maximum Gasteiger partial charge on any atom is 0.377 e. The Morgan fingerprint density at radius 3 is 1.20 bits per heavy atom. The molecule has 13 heteroatoms. The van der Waals surface area contributed by atoms with Crippen LogP contribution < -0.4 is 0 Å². The number of cyclic esters (lactones) is 2. The fourth-order valence-electron chi connectivity index (χ4n) is 1.65. The first-order valence-corrected chi connectivity index (χ1v) is 6.39. The first-order chi connectivity index (χ1) is 11.1. The van der Waals surface area contributed by atoms with Crippen molar-refractivity contribution >= 4 is 11.9 Å². The van der Waals surface area contributed by atoms with Crippen molar-refractivity contribution in [1.82, 2.24) is 0 Å². The third-order valence-corrected chi connectivity index (χ3v) is 2.95.